The highest BCUT2D eigenvalue weighted by molar-refractivity contribution is 7.99. The van der Waals surface area contributed by atoms with E-state index in [1.807, 2.05) is 17.7 Å². The summed E-state index contributed by atoms with van der Waals surface area (Å²) in [5, 5.41) is 19.7. The van der Waals surface area contributed by atoms with E-state index < -0.39 is 4.92 Å². The van der Waals surface area contributed by atoms with Gasteiger partial charge in [-0.1, -0.05) is 17.8 Å². The number of nitro groups is 1. The summed E-state index contributed by atoms with van der Waals surface area (Å²) in [6.07, 6.45) is 3.69. The number of nitro benzene ring substituents is 1. The Kier molecular flexibility index (Phi) is 5.37. The van der Waals surface area contributed by atoms with Crippen molar-refractivity contribution in [3.63, 3.8) is 0 Å². The minimum Gasteiger partial charge on any atom is -0.419 e. The third kappa shape index (κ3) is 3.97. The minimum absolute atomic E-state index is 0.0144. The van der Waals surface area contributed by atoms with Gasteiger partial charge in [0.15, 0.2) is 5.16 Å². The van der Waals surface area contributed by atoms with Crippen LogP contribution in [0.15, 0.2) is 64.4 Å². The van der Waals surface area contributed by atoms with Crippen LogP contribution in [0.25, 0.3) is 17.1 Å². The van der Waals surface area contributed by atoms with Gasteiger partial charge in [0.1, 0.15) is 0 Å². The molecule has 8 nitrogen and oxygen atoms in total. The predicted molar refractivity (Wildman–Crippen MR) is 114 cm³/mol. The van der Waals surface area contributed by atoms with E-state index in [4.69, 9.17) is 4.42 Å². The van der Waals surface area contributed by atoms with Crippen molar-refractivity contribution in [2.75, 3.05) is 0 Å². The first-order valence-electron chi connectivity index (χ1n) is 9.28. The van der Waals surface area contributed by atoms with E-state index in [2.05, 4.69) is 47.2 Å². The Morgan fingerprint density at radius 3 is 2.57 bits per heavy atom. The summed E-state index contributed by atoms with van der Waals surface area (Å²) in [7, 11) is 0. The highest BCUT2D eigenvalue weighted by Gasteiger charge is 2.19. The largest absolute Gasteiger partial charge is 0.419 e. The molecule has 2 aromatic carbocycles. The van der Waals surface area contributed by atoms with Crippen LogP contribution in [0.3, 0.4) is 0 Å². The second kappa shape index (κ2) is 8.11. The Bertz CT molecular complexity index is 1200. The molecule has 1 unspecified atom stereocenters. The maximum atomic E-state index is 10.8. The fourth-order valence-corrected chi connectivity index (χ4v) is 3.81. The van der Waals surface area contributed by atoms with Gasteiger partial charge in [0.2, 0.25) is 11.8 Å². The molecule has 0 aliphatic carbocycles. The zero-order chi connectivity index (χ0) is 21.3. The number of rotatable bonds is 6. The molecule has 2 aromatic heterocycles. The molecule has 0 saturated carbocycles. The molecule has 4 aromatic rings. The molecule has 0 aliphatic heterocycles. The van der Waals surface area contributed by atoms with Crippen LogP contribution in [0.2, 0.25) is 0 Å². The number of aromatic nitrogens is 4. The van der Waals surface area contributed by atoms with Crippen LogP contribution >= 0.6 is 11.8 Å². The lowest BCUT2D eigenvalue weighted by Gasteiger charge is -2.11. The second-order valence-electron chi connectivity index (χ2n) is 6.86. The Balaban J connectivity index is 1.53. The van der Waals surface area contributed by atoms with Crippen LogP contribution in [0.5, 0.6) is 0 Å². The molecule has 0 saturated heterocycles. The van der Waals surface area contributed by atoms with Gasteiger partial charge in [-0.05, 0) is 56.2 Å². The Morgan fingerprint density at radius 1 is 1.10 bits per heavy atom. The summed E-state index contributed by atoms with van der Waals surface area (Å²) in [4.78, 5) is 14.8. The minimum atomic E-state index is -0.445. The summed E-state index contributed by atoms with van der Waals surface area (Å²) in [6.45, 7) is 6.14. The van der Waals surface area contributed by atoms with E-state index in [-0.39, 0.29) is 10.9 Å². The zero-order valence-electron chi connectivity index (χ0n) is 16.6. The van der Waals surface area contributed by atoms with Crippen molar-refractivity contribution in [3.05, 3.63) is 82.0 Å². The lowest BCUT2D eigenvalue weighted by Crippen LogP contribution is -1.98. The third-order valence-electron chi connectivity index (χ3n) is 4.77. The van der Waals surface area contributed by atoms with Crippen molar-refractivity contribution in [3.8, 4) is 17.1 Å². The molecule has 0 amide bonds. The molecule has 0 N–H and O–H groups in total. The van der Waals surface area contributed by atoms with Crippen LogP contribution in [0.4, 0.5) is 5.69 Å². The third-order valence-corrected chi connectivity index (χ3v) is 5.84. The Hall–Kier alpha value is -3.46. The van der Waals surface area contributed by atoms with Crippen LogP contribution in [0, 0.1) is 24.0 Å². The van der Waals surface area contributed by atoms with Crippen LogP contribution in [-0.2, 0) is 0 Å². The summed E-state index contributed by atoms with van der Waals surface area (Å²) in [6, 6.07) is 12.3. The van der Waals surface area contributed by atoms with Crippen molar-refractivity contribution in [1.82, 2.24) is 19.7 Å². The normalized spacial score (nSPS) is 12.1. The number of hydrogen-bond donors (Lipinski definition) is 0. The molecule has 4 rings (SSSR count). The monoisotopic (exact) mass is 421 g/mol. The van der Waals surface area contributed by atoms with Crippen molar-refractivity contribution < 1.29 is 9.34 Å². The van der Waals surface area contributed by atoms with E-state index in [0.717, 1.165) is 10.8 Å². The van der Waals surface area contributed by atoms with Crippen LogP contribution in [-0.4, -0.2) is 24.7 Å². The van der Waals surface area contributed by atoms with Gasteiger partial charge in [0.05, 0.1) is 10.2 Å². The molecular formula is C21H19N5O3S. The molecule has 9 heteroatoms. The number of aryl methyl sites for hydroxylation is 2. The predicted octanol–water partition coefficient (Wildman–Crippen LogP) is 5.30. The standard InChI is InChI=1S/C21H19N5O3S/c1-13-4-7-18(12-14(13)2)25-11-10-22-21(25)30-15(3)19-23-24-20(29-19)16-5-8-17(9-6-16)26(27)28/h4-12,15H,1-3H3. The number of non-ortho nitro benzene ring substituents is 1. The summed E-state index contributed by atoms with van der Waals surface area (Å²) in [5.74, 6) is 0.785. The molecule has 2 heterocycles. The lowest BCUT2D eigenvalue weighted by atomic mass is 10.1. The topological polar surface area (TPSA) is 99.9 Å². The lowest BCUT2D eigenvalue weighted by molar-refractivity contribution is -0.384. The van der Waals surface area contributed by atoms with E-state index in [1.165, 1.54) is 35.0 Å². The van der Waals surface area contributed by atoms with E-state index in [1.54, 1.807) is 18.3 Å². The highest BCUT2D eigenvalue weighted by Crippen LogP contribution is 2.35. The van der Waals surface area contributed by atoms with Gasteiger partial charge >= 0.3 is 0 Å². The number of imidazole rings is 1. The Labute approximate surface area is 177 Å². The fraction of sp³-hybridized carbons (Fsp3) is 0.190. The average molecular weight is 421 g/mol. The first-order chi connectivity index (χ1) is 14.4. The fourth-order valence-electron chi connectivity index (χ4n) is 2.90. The van der Waals surface area contributed by atoms with Gasteiger partial charge in [0, 0.05) is 35.8 Å². The molecule has 152 valence electrons. The van der Waals surface area contributed by atoms with Crippen molar-refractivity contribution in [2.45, 2.75) is 31.2 Å². The molecule has 0 spiro atoms. The molecule has 30 heavy (non-hydrogen) atoms. The number of nitrogens with zero attached hydrogens (tertiary/aromatic N) is 5. The van der Waals surface area contributed by atoms with Gasteiger partial charge in [-0.3, -0.25) is 14.7 Å². The van der Waals surface area contributed by atoms with Gasteiger partial charge in [0.25, 0.3) is 5.69 Å². The van der Waals surface area contributed by atoms with E-state index in [9.17, 15) is 10.1 Å². The molecule has 0 radical (unpaired) electrons. The first-order valence-corrected chi connectivity index (χ1v) is 10.2. The van der Waals surface area contributed by atoms with Gasteiger partial charge in [-0.15, -0.1) is 10.2 Å². The molecule has 1 atom stereocenters. The quantitative estimate of drug-likeness (QED) is 0.236. The average Bonchev–Trinajstić information content (AvgIpc) is 3.40. The van der Waals surface area contributed by atoms with Crippen molar-refractivity contribution in [2.24, 2.45) is 0 Å². The maximum Gasteiger partial charge on any atom is 0.269 e. The van der Waals surface area contributed by atoms with Gasteiger partial charge < -0.3 is 4.42 Å². The van der Waals surface area contributed by atoms with Crippen LogP contribution in [0.1, 0.15) is 29.2 Å². The van der Waals surface area contributed by atoms with E-state index >= 15 is 0 Å². The summed E-state index contributed by atoms with van der Waals surface area (Å²) < 4.78 is 7.84. The Morgan fingerprint density at radius 2 is 1.87 bits per heavy atom. The van der Waals surface area contributed by atoms with Crippen molar-refractivity contribution >= 4 is 17.4 Å². The molecule has 0 bridgehead atoms. The highest BCUT2D eigenvalue weighted by atomic mass is 32.2. The molecule has 0 fully saturated rings. The number of hydrogen-bond acceptors (Lipinski definition) is 7. The first kappa shape index (κ1) is 19.8. The van der Waals surface area contributed by atoms with Crippen molar-refractivity contribution in [1.29, 1.82) is 0 Å². The zero-order valence-corrected chi connectivity index (χ0v) is 17.5. The summed E-state index contributed by atoms with van der Waals surface area (Å²) >= 11 is 1.52. The van der Waals surface area contributed by atoms with Gasteiger partial charge in [-0.2, -0.15) is 0 Å². The second-order valence-corrected chi connectivity index (χ2v) is 8.17. The smallest absolute Gasteiger partial charge is 0.269 e. The summed E-state index contributed by atoms with van der Waals surface area (Å²) in [5.41, 5.74) is 4.15. The molecule has 0 aliphatic rings. The van der Waals surface area contributed by atoms with Gasteiger partial charge in [-0.25, -0.2) is 4.98 Å². The van der Waals surface area contributed by atoms with E-state index in [0.29, 0.717) is 17.3 Å². The molecular weight excluding hydrogens is 402 g/mol. The maximum absolute atomic E-state index is 10.8. The number of benzene rings is 2. The number of thioether (sulfide) groups is 1. The van der Waals surface area contributed by atoms with Crippen LogP contribution < -0.4 is 0 Å². The SMILES string of the molecule is Cc1ccc(-n2ccnc2SC(C)c2nnc(-c3ccc([N+](=O)[O-])cc3)o2)cc1C.